The molecular weight excluding hydrogens is 496 g/mol. The summed E-state index contributed by atoms with van der Waals surface area (Å²) in [6.07, 6.45) is 9.09. The van der Waals surface area contributed by atoms with Crippen LogP contribution in [0.1, 0.15) is 44.9 Å². The van der Waals surface area contributed by atoms with Gasteiger partial charge in [0.05, 0.1) is 37.6 Å². The minimum absolute atomic E-state index is 0.0245. The Labute approximate surface area is 208 Å². The predicted octanol–water partition coefficient (Wildman–Crippen LogP) is 1.08. The van der Waals surface area contributed by atoms with Crippen LogP contribution in [0.5, 0.6) is 0 Å². The molecule has 2 bridgehead atoms. The first-order valence-electron chi connectivity index (χ1n) is 12.7. The molecule has 1 unspecified atom stereocenters. The van der Waals surface area contributed by atoms with E-state index >= 15 is 0 Å². The number of imide groups is 1. The lowest BCUT2D eigenvalue weighted by molar-refractivity contribution is -0.142. The third-order valence-electron chi connectivity index (χ3n) is 8.40. The van der Waals surface area contributed by atoms with Crippen molar-refractivity contribution < 1.29 is 34.8 Å². The van der Waals surface area contributed by atoms with E-state index in [9.17, 15) is 26.4 Å². The van der Waals surface area contributed by atoms with E-state index in [4.69, 9.17) is 8.37 Å². The molecule has 0 radical (unpaired) electrons. The summed E-state index contributed by atoms with van der Waals surface area (Å²) < 4.78 is 55.3. The third kappa shape index (κ3) is 6.63. The van der Waals surface area contributed by atoms with Crippen molar-refractivity contribution in [3.63, 3.8) is 0 Å². The maximum Gasteiger partial charge on any atom is 0.264 e. The largest absolute Gasteiger partial charge is 0.298 e. The third-order valence-corrected chi connectivity index (χ3v) is 9.59. The zero-order valence-corrected chi connectivity index (χ0v) is 22.3. The van der Waals surface area contributed by atoms with Gasteiger partial charge < -0.3 is 0 Å². The molecule has 1 aliphatic heterocycles. The molecule has 0 aromatic rings. The average Bonchev–Trinajstić information content (AvgIpc) is 3.43. The molecule has 3 aliphatic carbocycles. The second-order valence-corrected chi connectivity index (χ2v) is 14.1. The zero-order chi connectivity index (χ0) is 25.4. The summed E-state index contributed by atoms with van der Waals surface area (Å²) in [7, 11) is -7.16. The number of rotatable bonds is 12. The van der Waals surface area contributed by atoms with Gasteiger partial charge in [0.1, 0.15) is 0 Å². The van der Waals surface area contributed by atoms with Gasteiger partial charge in [0.25, 0.3) is 20.2 Å². The highest BCUT2D eigenvalue weighted by molar-refractivity contribution is 7.86. The Hall–Kier alpha value is -1.08. The molecule has 1 saturated heterocycles. The monoisotopic (exact) mass is 534 g/mol. The Morgan fingerprint density at radius 3 is 1.77 bits per heavy atom. The summed E-state index contributed by atoms with van der Waals surface area (Å²) in [4.78, 5) is 29.9. The van der Waals surface area contributed by atoms with Crippen LogP contribution in [0.3, 0.4) is 0 Å². The number of likely N-dealkylation sites (tertiary alicyclic amines) is 1. The molecular formula is C23H38N2O8S2. The molecule has 4 fully saturated rings. The van der Waals surface area contributed by atoms with E-state index in [2.05, 4.69) is 0 Å². The average molecular weight is 535 g/mol. The smallest absolute Gasteiger partial charge is 0.264 e. The van der Waals surface area contributed by atoms with Gasteiger partial charge in [0, 0.05) is 26.2 Å². The highest BCUT2D eigenvalue weighted by Gasteiger charge is 2.61. The van der Waals surface area contributed by atoms with Crippen LogP contribution in [0.2, 0.25) is 0 Å². The Morgan fingerprint density at radius 1 is 0.800 bits per heavy atom. The summed E-state index contributed by atoms with van der Waals surface area (Å²) in [6, 6.07) is 0. The van der Waals surface area contributed by atoms with Crippen LogP contribution in [0, 0.1) is 35.5 Å². The first-order chi connectivity index (χ1) is 16.4. The van der Waals surface area contributed by atoms with Crippen LogP contribution in [-0.2, 0) is 38.2 Å². The number of carbonyl (C=O) groups excluding carboxylic acids is 2. The van der Waals surface area contributed by atoms with Gasteiger partial charge in [0.15, 0.2) is 0 Å². The SMILES string of the molecule is CS(=O)(=O)OCCN(CCOS(C)(=O)=O)C[C@@H]1CCCC[C@H]1CN1C(=O)C2[C@H]3CC[C@H](C3)[C@@H]2C1=O. The summed E-state index contributed by atoms with van der Waals surface area (Å²) in [5.74, 6) is 0.943. The molecule has 4 rings (SSSR count). The van der Waals surface area contributed by atoms with Gasteiger partial charge in [-0.2, -0.15) is 16.8 Å². The highest BCUT2D eigenvalue weighted by atomic mass is 32.2. The van der Waals surface area contributed by atoms with Gasteiger partial charge >= 0.3 is 0 Å². The van der Waals surface area contributed by atoms with E-state index in [1.165, 1.54) is 0 Å². The predicted molar refractivity (Wildman–Crippen MR) is 128 cm³/mol. The van der Waals surface area contributed by atoms with Gasteiger partial charge in [-0.05, 0) is 55.8 Å². The lowest BCUT2D eigenvalue weighted by atomic mass is 9.78. The molecule has 35 heavy (non-hydrogen) atoms. The second kappa shape index (κ2) is 10.7. The van der Waals surface area contributed by atoms with E-state index in [1.807, 2.05) is 4.90 Å². The molecule has 6 atom stereocenters. The number of amides is 2. The van der Waals surface area contributed by atoms with Crippen molar-refractivity contribution in [2.45, 2.75) is 44.9 Å². The van der Waals surface area contributed by atoms with E-state index in [-0.39, 0.29) is 48.7 Å². The quantitative estimate of drug-likeness (QED) is 0.267. The van der Waals surface area contributed by atoms with Crippen molar-refractivity contribution in [1.29, 1.82) is 0 Å². The van der Waals surface area contributed by atoms with Gasteiger partial charge in [-0.25, -0.2) is 0 Å². The normalized spacial score (nSPS) is 33.2. The fourth-order valence-corrected chi connectivity index (χ4v) is 7.67. The van der Waals surface area contributed by atoms with Crippen LogP contribution in [0.25, 0.3) is 0 Å². The van der Waals surface area contributed by atoms with Gasteiger partial charge in [-0.3, -0.25) is 27.8 Å². The molecule has 4 aliphatic rings. The number of carbonyl (C=O) groups is 2. The second-order valence-electron chi connectivity index (χ2n) is 10.8. The maximum absolute atomic E-state index is 13.2. The molecule has 3 saturated carbocycles. The Balaban J connectivity index is 1.39. The van der Waals surface area contributed by atoms with Crippen LogP contribution in [0.4, 0.5) is 0 Å². The van der Waals surface area contributed by atoms with Crippen LogP contribution in [-0.4, -0.2) is 90.4 Å². The molecule has 0 N–H and O–H groups in total. The van der Waals surface area contributed by atoms with Gasteiger partial charge in [-0.15, -0.1) is 0 Å². The number of hydrogen-bond acceptors (Lipinski definition) is 9. The van der Waals surface area contributed by atoms with Crippen molar-refractivity contribution in [3.05, 3.63) is 0 Å². The summed E-state index contributed by atoms with van der Waals surface area (Å²) in [6.45, 7) is 1.58. The lowest BCUT2D eigenvalue weighted by Crippen LogP contribution is -2.44. The summed E-state index contributed by atoms with van der Waals surface area (Å²) in [5.41, 5.74) is 0. The molecule has 2 amide bonds. The van der Waals surface area contributed by atoms with E-state index < -0.39 is 20.2 Å². The summed E-state index contributed by atoms with van der Waals surface area (Å²) >= 11 is 0. The van der Waals surface area contributed by atoms with Crippen molar-refractivity contribution in [3.8, 4) is 0 Å². The molecule has 12 heteroatoms. The first-order valence-corrected chi connectivity index (χ1v) is 16.3. The number of hydrogen-bond donors (Lipinski definition) is 0. The van der Waals surface area contributed by atoms with E-state index in [0.29, 0.717) is 38.0 Å². The lowest BCUT2D eigenvalue weighted by Gasteiger charge is -2.37. The minimum atomic E-state index is -3.58. The molecule has 200 valence electrons. The van der Waals surface area contributed by atoms with Gasteiger partial charge in [-0.1, -0.05) is 12.8 Å². The van der Waals surface area contributed by atoms with E-state index in [0.717, 1.165) is 57.5 Å². The number of fused-ring (bicyclic) bond motifs is 5. The fraction of sp³-hybridized carbons (Fsp3) is 0.913. The van der Waals surface area contributed by atoms with Crippen LogP contribution in [0.15, 0.2) is 0 Å². The Bertz CT molecular complexity index is 949. The fourth-order valence-electron chi connectivity index (χ4n) is 6.91. The molecule has 1 heterocycles. The topological polar surface area (TPSA) is 127 Å². The van der Waals surface area contributed by atoms with Crippen LogP contribution >= 0.6 is 0 Å². The molecule has 0 spiro atoms. The molecule has 10 nitrogen and oxygen atoms in total. The van der Waals surface area contributed by atoms with Gasteiger partial charge in [0.2, 0.25) is 11.8 Å². The first kappa shape index (κ1) is 27.0. The Morgan fingerprint density at radius 2 is 1.29 bits per heavy atom. The Kier molecular flexibility index (Phi) is 8.26. The highest BCUT2D eigenvalue weighted by Crippen LogP contribution is 2.56. The van der Waals surface area contributed by atoms with Crippen molar-refractivity contribution in [2.75, 3.05) is 51.9 Å². The zero-order valence-electron chi connectivity index (χ0n) is 20.6. The summed E-state index contributed by atoms with van der Waals surface area (Å²) in [5, 5.41) is 0. The van der Waals surface area contributed by atoms with Crippen molar-refractivity contribution >= 4 is 32.1 Å². The molecule has 0 aromatic carbocycles. The molecule has 0 aromatic heterocycles. The van der Waals surface area contributed by atoms with Crippen molar-refractivity contribution in [2.24, 2.45) is 35.5 Å². The number of nitrogens with zero attached hydrogens (tertiary/aromatic N) is 2. The standard InChI is InChI=1S/C23H38N2O8S2/c1-34(28,29)32-11-9-24(10-12-33-35(2,30)31)14-18-5-3-4-6-19(18)15-25-22(26)20-16-7-8-17(13-16)21(20)23(25)27/h16-21H,3-15H2,1-2H3/t16-,17+,18-,19-,20?,21-/m0/s1. The van der Waals surface area contributed by atoms with E-state index in [1.54, 1.807) is 4.90 Å². The van der Waals surface area contributed by atoms with Crippen LogP contribution < -0.4 is 0 Å². The minimum Gasteiger partial charge on any atom is -0.298 e. The van der Waals surface area contributed by atoms with Crippen molar-refractivity contribution in [1.82, 2.24) is 9.80 Å². The maximum atomic E-state index is 13.2.